The normalized spacial score (nSPS) is 10.9. The van der Waals surface area contributed by atoms with Gasteiger partial charge in [0.2, 0.25) is 0 Å². The van der Waals surface area contributed by atoms with Crippen molar-refractivity contribution in [3.63, 3.8) is 0 Å². The largest absolute Gasteiger partial charge is 0.508 e. The molecule has 4 nitrogen and oxygen atoms in total. The Kier molecular flexibility index (Phi) is 2.41. The van der Waals surface area contributed by atoms with Crippen LogP contribution < -0.4 is 0 Å². The van der Waals surface area contributed by atoms with E-state index in [0.717, 1.165) is 5.56 Å². The van der Waals surface area contributed by atoms with Gasteiger partial charge >= 0.3 is 0 Å². The van der Waals surface area contributed by atoms with E-state index in [1.54, 1.807) is 24.3 Å². The average Bonchev–Trinajstić information content (AvgIpc) is 2.68. The van der Waals surface area contributed by atoms with Gasteiger partial charge in [-0.25, -0.2) is 0 Å². The van der Waals surface area contributed by atoms with Gasteiger partial charge in [0.05, 0.1) is 0 Å². The molecule has 0 spiro atoms. The fraction of sp³-hybridized carbons (Fsp3) is 0.273. The predicted octanol–water partition coefficient (Wildman–Crippen LogP) is 2.57. The third kappa shape index (κ3) is 1.98. The molecule has 0 amide bonds. The number of phenols is 1. The number of rotatable bonds is 2. The van der Waals surface area contributed by atoms with Crippen LogP contribution in [0.4, 0.5) is 0 Å². The van der Waals surface area contributed by atoms with Crippen LogP contribution in [0.25, 0.3) is 11.5 Å². The molecule has 0 aliphatic heterocycles. The van der Waals surface area contributed by atoms with Crippen LogP contribution in [0.3, 0.4) is 0 Å². The van der Waals surface area contributed by atoms with Crippen molar-refractivity contribution >= 4 is 0 Å². The van der Waals surface area contributed by atoms with Crippen molar-refractivity contribution in [2.24, 2.45) is 0 Å². The first-order valence-electron chi connectivity index (χ1n) is 4.80. The van der Waals surface area contributed by atoms with Crippen LogP contribution in [-0.2, 0) is 0 Å². The summed E-state index contributed by atoms with van der Waals surface area (Å²) in [7, 11) is 0. The number of phenolic OH excluding ortho intramolecular Hbond substituents is 1. The van der Waals surface area contributed by atoms with Crippen LogP contribution in [0.1, 0.15) is 25.6 Å². The van der Waals surface area contributed by atoms with Gasteiger partial charge < -0.3 is 9.63 Å². The Labute approximate surface area is 87.6 Å². The smallest absolute Gasteiger partial charge is 0.257 e. The molecule has 0 saturated heterocycles. The van der Waals surface area contributed by atoms with Gasteiger partial charge in [0.1, 0.15) is 5.75 Å². The Morgan fingerprint density at radius 1 is 1.20 bits per heavy atom. The lowest BCUT2D eigenvalue weighted by Gasteiger charge is -1.94. The Bertz CT molecular complexity index is 446. The highest BCUT2D eigenvalue weighted by atomic mass is 16.5. The molecule has 1 heterocycles. The topological polar surface area (TPSA) is 59.2 Å². The second-order valence-corrected chi connectivity index (χ2v) is 3.66. The zero-order valence-corrected chi connectivity index (χ0v) is 8.64. The maximum atomic E-state index is 9.13. The molecule has 1 aromatic carbocycles. The number of aromatic nitrogens is 2. The van der Waals surface area contributed by atoms with E-state index >= 15 is 0 Å². The third-order valence-electron chi connectivity index (χ3n) is 2.07. The van der Waals surface area contributed by atoms with E-state index in [9.17, 15) is 0 Å². The fourth-order valence-electron chi connectivity index (χ4n) is 1.19. The van der Waals surface area contributed by atoms with E-state index in [2.05, 4.69) is 10.1 Å². The molecular weight excluding hydrogens is 192 g/mol. The van der Waals surface area contributed by atoms with Crippen molar-refractivity contribution < 1.29 is 9.63 Å². The van der Waals surface area contributed by atoms with Crippen molar-refractivity contribution in [2.45, 2.75) is 19.8 Å². The summed E-state index contributed by atoms with van der Waals surface area (Å²) >= 11 is 0. The molecule has 78 valence electrons. The minimum atomic E-state index is 0.224. The lowest BCUT2D eigenvalue weighted by Crippen LogP contribution is -1.89. The quantitative estimate of drug-likeness (QED) is 0.816. The molecule has 0 unspecified atom stereocenters. The molecular formula is C11H12N2O2. The van der Waals surface area contributed by atoms with Gasteiger partial charge in [-0.2, -0.15) is 4.98 Å². The monoisotopic (exact) mass is 204 g/mol. The standard InChI is InChI=1S/C11H12N2O2/c1-7(2)10-12-11(15-13-10)8-3-5-9(14)6-4-8/h3-7,14H,1-2H3. The molecule has 1 N–H and O–H groups in total. The zero-order chi connectivity index (χ0) is 10.8. The highest BCUT2D eigenvalue weighted by Gasteiger charge is 2.10. The summed E-state index contributed by atoms with van der Waals surface area (Å²) in [5.74, 6) is 1.65. The van der Waals surface area contributed by atoms with Crippen molar-refractivity contribution in [3.05, 3.63) is 30.1 Å². The molecule has 0 radical (unpaired) electrons. The van der Waals surface area contributed by atoms with Gasteiger partial charge in [0.25, 0.3) is 5.89 Å². The van der Waals surface area contributed by atoms with E-state index in [1.165, 1.54) is 0 Å². The highest BCUT2D eigenvalue weighted by molar-refractivity contribution is 5.53. The van der Waals surface area contributed by atoms with E-state index in [4.69, 9.17) is 9.63 Å². The second kappa shape index (κ2) is 3.73. The van der Waals surface area contributed by atoms with Gasteiger partial charge in [-0.05, 0) is 24.3 Å². The van der Waals surface area contributed by atoms with E-state index in [1.807, 2.05) is 13.8 Å². The lowest BCUT2D eigenvalue weighted by atomic mass is 10.2. The third-order valence-corrected chi connectivity index (χ3v) is 2.07. The van der Waals surface area contributed by atoms with Gasteiger partial charge in [-0.1, -0.05) is 19.0 Å². The summed E-state index contributed by atoms with van der Waals surface area (Å²) in [6.07, 6.45) is 0. The first-order chi connectivity index (χ1) is 7.16. The van der Waals surface area contributed by atoms with Crippen molar-refractivity contribution in [1.29, 1.82) is 0 Å². The zero-order valence-electron chi connectivity index (χ0n) is 8.64. The molecule has 0 fully saturated rings. The summed E-state index contributed by atoms with van der Waals surface area (Å²) in [6.45, 7) is 4.01. The summed E-state index contributed by atoms with van der Waals surface area (Å²) in [4.78, 5) is 4.25. The van der Waals surface area contributed by atoms with Gasteiger partial charge in [0, 0.05) is 11.5 Å². The second-order valence-electron chi connectivity index (χ2n) is 3.66. The lowest BCUT2D eigenvalue weighted by molar-refractivity contribution is 0.419. The van der Waals surface area contributed by atoms with Crippen LogP contribution >= 0.6 is 0 Å². The molecule has 1 aromatic heterocycles. The van der Waals surface area contributed by atoms with Crippen LogP contribution in [0.15, 0.2) is 28.8 Å². The van der Waals surface area contributed by atoms with Gasteiger partial charge in [-0.3, -0.25) is 0 Å². The predicted molar refractivity (Wildman–Crippen MR) is 55.5 cm³/mol. The molecule has 4 heteroatoms. The number of aromatic hydroxyl groups is 1. The molecule has 2 rings (SSSR count). The minimum Gasteiger partial charge on any atom is -0.508 e. The van der Waals surface area contributed by atoms with Crippen LogP contribution in [-0.4, -0.2) is 15.2 Å². The van der Waals surface area contributed by atoms with Crippen LogP contribution in [0.2, 0.25) is 0 Å². The molecule has 0 bridgehead atoms. The van der Waals surface area contributed by atoms with Gasteiger partial charge in [-0.15, -0.1) is 0 Å². The first-order valence-corrected chi connectivity index (χ1v) is 4.80. The Morgan fingerprint density at radius 3 is 2.40 bits per heavy atom. The maximum absolute atomic E-state index is 9.13. The fourth-order valence-corrected chi connectivity index (χ4v) is 1.19. The number of hydrogen-bond acceptors (Lipinski definition) is 4. The van der Waals surface area contributed by atoms with E-state index < -0.39 is 0 Å². The first kappa shape index (κ1) is 9.71. The molecule has 0 saturated carbocycles. The minimum absolute atomic E-state index is 0.224. The summed E-state index contributed by atoms with van der Waals surface area (Å²) < 4.78 is 5.11. The molecule has 15 heavy (non-hydrogen) atoms. The average molecular weight is 204 g/mol. The number of benzene rings is 1. The van der Waals surface area contributed by atoms with E-state index in [-0.39, 0.29) is 11.7 Å². The summed E-state index contributed by atoms with van der Waals surface area (Å²) in [6, 6.07) is 6.67. The van der Waals surface area contributed by atoms with Crippen LogP contribution in [0.5, 0.6) is 5.75 Å². The molecule has 0 atom stereocenters. The summed E-state index contributed by atoms with van der Waals surface area (Å²) in [5.41, 5.74) is 0.812. The van der Waals surface area contributed by atoms with Gasteiger partial charge in [0.15, 0.2) is 5.82 Å². The van der Waals surface area contributed by atoms with Crippen molar-refractivity contribution in [3.8, 4) is 17.2 Å². The molecule has 0 aliphatic carbocycles. The maximum Gasteiger partial charge on any atom is 0.257 e. The SMILES string of the molecule is CC(C)c1noc(-c2ccc(O)cc2)n1. The Hall–Kier alpha value is -1.84. The highest BCUT2D eigenvalue weighted by Crippen LogP contribution is 2.21. The Morgan fingerprint density at radius 2 is 1.87 bits per heavy atom. The van der Waals surface area contributed by atoms with E-state index in [0.29, 0.717) is 11.7 Å². The summed E-state index contributed by atoms with van der Waals surface area (Å²) in [5, 5.41) is 13.0. The molecule has 2 aromatic rings. The van der Waals surface area contributed by atoms with Crippen molar-refractivity contribution in [1.82, 2.24) is 10.1 Å². The number of nitrogens with zero attached hydrogens (tertiary/aromatic N) is 2. The Balaban J connectivity index is 2.33. The van der Waals surface area contributed by atoms with Crippen LogP contribution in [0, 0.1) is 0 Å². The molecule has 0 aliphatic rings. The van der Waals surface area contributed by atoms with Crippen molar-refractivity contribution in [2.75, 3.05) is 0 Å². The number of hydrogen-bond donors (Lipinski definition) is 1.